The molecule has 0 spiro atoms. The first kappa shape index (κ1) is 13.0. The van der Waals surface area contributed by atoms with Crippen molar-refractivity contribution in [3.63, 3.8) is 0 Å². The predicted octanol–water partition coefficient (Wildman–Crippen LogP) is 3.59. The highest BCUT2D eigenvalue weighted by atomic mass is 14.9. The van der Waals surface area contributed by atoms with Gasteiger partial charge in [-0.3, -0.25) is 0 Å². The van der Waals surface area contributed by atoms with Crippen LogP contribution in [0.25, 0.3) is 0 Å². The highest BCUT2D eigenvalue weighted by Crippen LogP contribution is 2.06. The molecule has 0 aromatic rings. The molecule has 80 valence electrons. The van der Waals surface area contributed by atoms with Crippen LogP contribution in [0.3, 0.4) is 0 Å². The minimum absolute atomic E-state index is 0.650. The van der Waals surface area contributed by atoms with Gasteiger partial charge in [0.15, 0.2) is 0 Å². The maximum atomic E-state index is 3.64. The molecule has 2 unspecified atom stereocenters. The molecule has 2 atom stereocenters. The number of hydrogen-bond donors (Lipinski definition) is 1. The van der Waals surface area contributed by atoms with E-state index in [9.17, 15) is 0 Å². The molecule has 0 bridgehead atoms. The smallest absolute Gasteiger partial charge is 0.00642 e. The van der Waals surface area contributed by atoms with Crippen LogP contribution in [0.2, 0.25) is 0 Å². The van der Waals surface area contributed by atoms with Gasteiger partial charge in [-0.05, 0) is 26.2 Å². The molecule has 0 saturated heterocycles. The Labute approximate surface area is 84.3 Å². The maximum Gasteiger partial charge on any atom is 0.00642 e. The van der Waals surface area contributed by atoms with Crippen LogP contribution < -0.4 is 5.32 Å². The lowest BCUT2D eigenvalue weighted by molar-refractivity contribution is 0.366. The molecule has 0 saturated carbocycles. The van der Waals surface area contributed by atoms with Crippen molar-refractivity contribution in [1.82, 2.24) is 5.32 Å². The van der Waals surface area contributed by atoms with Crippen LogP contribution in [0, 0.1) is 5.92 Å². The van der Waals surface area contributed by atoms with E-state index in [1.54, 1.807) is 0 Å². The topological polar surface area (TPSA) is 12.0 Å². The number of unbranched alkanes of at least 4 members (excludes halogenated alkanes) is 2. The van der Waals surface area contributed by atoms with E-state index in [4.69, 9.17) is 0 Å². The van der Waals surface area contributed by atoms with Gasteiger partial charge in [0.05, 0.1) is 0 Å². The molecule has 0 aromatic carbocycles. The van der Waals surface area contributed by atoms with Crippen LogP contribution in [0.4, 0.5) is 0 Å². The van der Waals surface area contributed by atoms with Gasteiger partial charge < -0.3 is 5.32 Å². The Morgan fingerprint density at radius 1 is 1.00 bits per heavy atom. The zero-order valence-electron chi connectivity index (χ0n) is 10.1. The monoisotopic (exact) mass is 185 g/mol. The van der Waals surface area contributed by atoms with Crippen molar-refractivity contribution in [2.24, 2.45) is 5.92 Å². The van der Waals surface area contributed by atoms with Gasteiger partial charge in [0.2, 0.25) is 0 Å². The average molecular weight is 185 g/mol. The van der Waals surface area contributed by atoms with Crippen molar-refractivity contribution in [2.45, 2.75) is 72.4 Å². The summed E-state index contributed by atoms with van der Waals surface area (Å²) >= 11 is 0. The zero-order valence-corrected chi connectivity index (χ0v) is 10.1. The van der Waals surface area contributed by atoms with Crippen molar-refractivity contribution in [3.05, 3.63) is 0 Å². The lowest BCUT2D eigenvalue weighted by Crippen LogP contribution is -2.37. The van der Waals surface area contributed by atoms with Crippen LogP contribution in [0.1, 0.15) is 60.3 Å². The first-order chi connectivity index (χ1) is 6.07. The van der Waals surface area contributed by atoms with E-state index >= 15 is 0 Å². The fraction of sp³-hybridized carbons (Fsp3) is 1.00. The summed E-state index contributed by atoms with van der Waals surface area (Å²) in [5.41, 5.74) is 0. The SMILES string of the molecule is CCCCCC(C)NC(C)C(C)C. The van der Waals surface area contributed by atoms with E-state index < -0.39 is 0 Å². The van der Waals surface area contributed by atoms with E-state index in [-0.39, 0.29) is 0 Å². The second-order valence-electron chi connectivity index (χ2n) is 4.60. The van der Waals surface area contributed by atoms with Crippen LogP contribution in [-0.4, -0.2) is 12.1 Å². The minimum atomic E-state index is 0.650. The predicted molar refractivity (Wildman–Crippen MR) is 61.0 cm³/mol. The largest absolute Gasteiger partial charge is 0.312 e. The molecule has 0 aliphatic carbocycles. The van der Waals surface area contributed by atoms with E-state index in [0.717, 1.165) is 5.92 Å². The summed E-state index contributed by atoms with van der Waals surface area (Å²) in [6, 6.07) is 1.33. The molecule has 1 nitrogen and oxygen atoms in total. The minimum Gasteiger partial charge on any atom is -0.312 e. The molecular weight excluding hydrogens is 158 g/mol. The molecule has 0 rings (SSSR count). The van der Waals surface area contributed by atoms with Crippen molar-refractivity contribution in [2.75, 3.05) is 0 Å². The van der Waals surface area contributed by atoms with Gasteiger partial charge in [0.25, 0.3) is 0 Å². The van der Waals surface area contributed by atoms with Gasteiger partial charge in [-0.1, -0.05) is 40.0 Å². The van der Waals surface area contributed by atoms with E-state index in [1.165, 1.54) is 25.7 Å². The summed E-state index contributed by atoms with van der Waals surface area (Å²) in [5, 5.41) is 3.64. The summed E-state index contributed by atoms with van der Waals surface area (Å²) in [6.07, 6.45) is 5.40. The normalized spacial score (nSPS) is 16.2. The summed E-state index contributed by atoms with van der Waals surface area (Å²) < 4.78 is 0. The Hall–Kier alpha value is -0.0400. The van der Waals surface area contributed by atoms with Crippen molar-refractivity contribution < 1.29 is 0 Å². The fourth-order valence-electron chi connectivity index (χ4n) is 1.43. The zero-order chi connectivity index (χ0) is 10.3. The van der Waals surface area contributed by atoms with Gasteiger partial charge in [0.1, 0.15) is 0 Å². The lowest BCUT2D eigenvalue weighted by Gasteiger charge is -2.22. The first-order valence-electron chi connectivity index (χ1n) is 5.84. The number of nitrogens with one attached hydrogen (secondary N) is 1. The molecule has 0 aromatic heterocycles. The molecule has 0 radical (unpaired) electrons. The maximum absolute atomic E-state index is 3.64. The molecular formula is C12H27N. The molecule has 0 fully saturated rings. The van der Waals surface area contributed by atoms with Crippen LogP contribution >= 0.6 is 0 Å². The summed E-state index contributed by atoms with van der Waals surface area (Å²) in [6.45, 7) is 11.4. The standard InChI is InChI=1S/C12H27N/c1-6-7-8-9-11(4)13-12(5)10(2)3/h10-13H,6-9H2,1-5H3. The molecule has 0 heterocycles. The van der Waals surface area contributed by atoms with Gasteiger partial charge in [-0.2, -0.15) is 0 Å². The summed E-state index contributed by atoms with van der Waals surface area (Å²) in [7, 11) is 0. The third kappa shape index (κ3) is 7.06. The molecule has 1 heteroatoms. The van der Waals surface area contributed by atoms with E-state index in [1.807, 2.05) is 0 Å². The van der Waals surface area contributed by atoms with Crippen molar-refractivity contribution >= 4 is 0 Å². The average Bonchev–Trinajstić information content (AvgIpc) is 2.04. The van der Waals surface area contributed by atoms with Gasteiger partial charge in [-0.25, -0.2) is 0 Å². The lowest BCUT2D eigenvalue weighted by atomic mass is 10.0. The van der Waals surface area contributed by atoms with Crippen molar-refractivity contribution in [1.29, 1.82) is 0 Å². The Balaban J connectivity index is 3.43. The second-order valence-corrected chi connectivity index (χ2v) is 4.60. The third-order valence-electron chi connectivity index (χ3n) is 2.79. The Bertz CT molecular complexity index is 110. The Morgan fingerprint density at radius 2 is 1.62 bits per heavy atom. The Kier molecular flexibility index (Phi) is 7.35. The quantitative estimate of drug-likeness (QED) is 0.598. The number of rotatable bonds is 7. The van der Waals surface area contributed by atoms with Gasteiger partial charge in [0, 0.05) is 12.1 Å². The fourth-order valence-corrected chi connectivity index (χ4v) is 1.43. The Morgan fingerprint density at radius 3 is 2.08 bits per heavy atom. The van der Waals surface area contributed by atoms with Crippen LogP contribution in [0.5, 0.6) is 0 Å². The van der Waals surface area contributed by atoms with Crippen molar-refractivity contribution in [3.8, 4) is 0 Å². The third-order valence-corrected chi connectivity index (χ3v) is 2.79. The van der Waals surface area contributed by atoms with E-state index in [2.05, 4.69) is 39.9 Å². The molecule has 0 aliphatic heterocycles. The van der Waals surface area contributed by atoms with Gasteiger partial charge >= 0.3 is 0 Å². The molecule has 1 N–H and O–H groups in total. The highest BCUT2D eigenvalue weighted by molar-refractivity contribution is 4.69. The molecule has 0 amide bonds. The second kappa shape index (κ2) is 7.37. The highest BCUT2D eigenvalue weighted by Gasteiger charge is 2.09. The van der Waals surface area contributed by atoms with E-state index in [0.29, 0.717) is 12.1 Å². The summed E-state index contributed by atoms with van der Waals surface area (Å²) in [4.78, 5) is 0. The molecule has 13 heavy (non-hydrogen) atoms. The first-order valence-corrected chi connectivity index (χ1v) is 5.84. The van der Waals surface area contributed by atoms with Crippen LogP contribution in [0.15, 0.2) is 0 Å². The summed E-state index contributed by atoms with van der Waals surface area (Å²) in [5.74, 6) is 0.744. The van der Waals surface area contributed by atoms with Gasteiger partial charge in [-0.15, -0.1) is 0 Å². The number of hydrogen-bond acceptors (Lipinski definition) is 1. The van der Waals surface area contributed by atoms with Crippen LogP contribution in [-0.2, 0) is 0 Å². The molecule has 0 aliphatic rings.